The zero-order chi connectivity index (χ0) is 24.1. The highest BCUT2D eigenvalue weighted by Crippen LogP contribution is 2.69. The van der Waals surface area contributed by atoms with Gasteiger partial charge in [0.25, 0.3) is 6.49 Å². The number of aliphatic hydroxyl groups is 1. The van der Waals surface area contributed by atoms with E-state index in [1.54, 1.807) is 27.7 Å². The van der Waals surface area contributed by atoms with Crippen molar-refractivity contribution >= 4 is 26.6 Å². The molecule has 31 heavy (non-hydrogen) atoms. The third kappa shape index (κ3) is 4.83. The normalized spacial score (nSPS) is 31.8. The zero-order valence-electron chi connectivity index (χ0n) is 19.9. The van der Waals surface area contributed by atoms with Crippen molar-refractivity contribution in [2.75, 3.05) is 19.8 Å². The lowest BCUT2D eigenvalue weighted by molar-refractivity contribution is -0.260. The van der Waals surface area contributed by atoms with Crippen molar-refractivity contribution in [2.45, 2.75) is 102 Å². The van der Waals surface area contributed by atoms with Crippen molar-refractivity contribution in [1.29, 1.82) is 0 Å². The first-order valence-electron chi connectivity index (χ1n) is 10.5. The Labute approximate surface area is 190 Å². The van der Waals surface area contributed by atoms with Crippen LogP contribution in [-0.2, 0) is 39.5 Å². The molecule has 2 aliphatic rings. The Kier molecular flexibility index (Phi) is 7.95. The monoisotopic (exact) mass is 506 g/mol. The largest absolute Gasteiger partial charge is 0.414 e. The Morgan fingerprint density at radius 2 is 1.61 bits per heavy atom. The molecule has 12 heteroatoms. The summed E-state index contributed by atoms with van der Waals surface area (Å²) in [5.74, 6) is -1.22. The van der Waals surface area contributed by atoms with Crippen molar-refractivity contribution in [1.82, 2.24) is 0 Å². The minimum atomic E-state index is -4.27. The smallest absolute Gasteiger partial charge is 0.353 e. The molecule has 184 valence electrons. The average molecular weight is 507 g/mol. The molecule has 2 aliphatic heterocycles. The maximum atomic E-state index is 16.1. The van der Waals surface area contributed by atoms with Gasteiger partial charge in [-0.25, -0.2) is 0 Å². The summed E-state index contributed by atoms with van der Waals surface area (Å²) in [6.07, 6.45) is -4.15. The molecule has 2 rings (SSSR count). The number of fused-ring (bicyclic) bond motifs is 1. The van der Waals surface area contributed by atoms with Gasteiger partial charge in [0.15, 0.2) is 26.0 Å². The van der Waals surface area contributed by atoms with Crippen LogP contribution in [0.2, 0.25) is 18.1 Å². The van der Waals surface area contributed by atoms with Crippen LogP contribution in [0.1, 0.15) is 48.5 Å². The Hall–Kier alpha value is 0.447. The van der Waals surface area contributed by atoms with Crippen molar-refractivity contribution in [3.05, 3.63) is 0 Å². The average Bonchev–Trinajstić information content (AvgIpc) is 3.04. The molecule has 2 heterocycles. The summed E-state index contributed by atoms with van der Waals surface area (Å²) in [6.45, 7) is 11.6. The van der Waals surface area contributed by atoms with Crippen LogP contribution < -0.4 is 0 Å². The molecule has 0 aromatic carbocycles. The minimum absolute atomic E-state index is 0.0914. The van der Waals surface area contributed by atoms with E-state index >= 15 is 8.78 Å². The zero-order valence-corrected chi connectivity index (χ0v) is 22.6. The number of hydrogen-bond donors (Lipinski definition) is 1. The molecular weight excluding hydrogens is 469 g/mol. The lowest BCUT2D eigenvalue weighted by Crippen LogP contribution is -2.63. The van der Waals surface area contributed by atoms with E-state index in [-0.39, 0.29) is 24.9 Å². The Balaban J connectivity index is 2.48. The number of ether oxygens (including phenoxy) is 3. The SMILES string of the molecule is CCOP(=S)(OCC)C(F)(F)[C@@]1(O)[C@@H](CO[Si](C)(C)C(C)(C)C)O[C@@H]2OC(C)(C)O[C@@H]21. The van der Waals surface area contributed by atoms with E-state index in [1.165, 1.54) is 0 Å². The standard InChI is InChI=1S/C19H37F2O7PSSi/c1-10-23-29(30,24-11-2)19(20,21)18(22)13(12-25-31(8,9)16(3,4)5)26-15-14(18)27-17(6,7)28-15/h13-15,22H,10-12H2,1-9H3/t13-,14+,15-,18-/m1/s1. The Morgan fingerprint density at radius 3 is 2.06 bits per heavy atom. The van der Waals surface area contributed by atoms with Gasteiger partial charge in [0.05, 0.1) is 19.8 Å². The molecule has 7 nitrogen and oxygen atoms in total. The number of halogens is 2. The maximum absolute atomic E-state index is 16.1. The molecule has 0 bridgehead atoms. The van der Waals surface area contributed by atoms with Gasteiger partial charge in [0, 0.05) is 0 Å². The van der Waals surface area contributed by atoms with Crippen molar-refractivity contribution < 1.29 is 41.6 Å². The van der Waals surface area contributed by atoms with Crippen LogP contribution in [0.25, 0.3) is 0 Å². The van der Waals surface area contributed by atoms with Gasteiger partial charge in [-0.15, -0.1) is 0 Å². The minimum Gasteiger partial charge on any atom is -0.414 e. The Bertz CT molecular complexity index is 693. The molecule has 0 aromatic heterocycles. The quantitative estimate of drug-likeness (QED) is 0.360. The van der Waals surface area contributed by atoms with Crippen LogP contribution in [0, 0.1) is 0 Å². The predicted octanol–water partition coefficient (Wildman–Crippen LogP) is 4.59. The highest BCUT2D eigenvalue weighted by atomic mass is 32.5. The van der Waals surface area contributed by atoms with E-state index in [9.17, 15) is 5.11 Å². The molecule has 1 N–H and O–H groups in total. The summed E-state index contributed by atoms with van der Waals surface area (Å²) in [4.78, 5) is 0. The molecule has 0 unspecified atom stereocenters. The van der Waals surface area contributed by atoms with Gasteiger partial charge >= 0.3 is 5.66 Å². The topological polar surface area (TPSA) is 75.6 Å². The van der Waals surface area contributed by atoms with Gasteiger partial charge in [-0.2, -0.15) is 8.78 Å². The second kappa shape index (κ2) is 8.91. The Morgan fingerprint density at radius 1 is 1.10 bits per heavy atom. The number of alkyl halides is 2. The van der Waals surface area contributed by atoms with E-state index in [0.29, 0.717) is 0 Å². The fourth-order valence-electron chi connectivity index (χ4n) is 3.37. The van der Waals surface area contributed by atoms with Crippen LogP contribution in [0.15, 0.2) is 0 Å². The van der Waals surface area contributed by atoms with Gasteiger partial charge < -0.3 is 32.8 Å². The summed E-state index contributed by atoms with van der Waals surface area (Å²) >= 11 is 5.20. The summed E-state index contributed by atoms with van der Waals surface area (Å²) < 4.78 is 66.0. The fourth-order valence-corrected chi connectivity index (χ4v) is 7.23. The molecule has 2 saturated heterocycles. The third-order valence-corrected chi connectivity index (χ3v) is 14.2. The fraction of sp³-hybridized carbons (Fsp3) is 1.00. The van der Waals surface area contributed by atoms with Gasteiger partial charge in [0.2, 0.25) is 0 Å². The lowest BCUT2D eigenvalue weighted by Gasteiger charge is -2.44. The molecule has 0 aromatic rings. The first kappa shape index (κ1) is 27.7. The molecule has 0 spiro atoms. The van der Waals surface area contributed by atoms with Crippen LogP contribution in [0.5, 0.6) is 0 Å². The molecular formula is C19H37F2O7PSSi. The van der Waals surface area contributed by atoms with Gasteiger partial charge in [-0.3, -0.25) is 0 Å². The molecule has 4 atom stereocenters. The van der Waals surface area contributed by atoms with Crippen LogP contribution in [0.3, 0.4) is 0 Å². The van der Waals surface area contributed by atoms with Gasteiger partial charge in [0.1, 0.15) is 12.2 Å². The third-order valence-electron chi connectivity index (χ3n) is 6.11. The maximum Gasteiger partial charge on any atom is 0.353 e. The van der Waals surface area contributed by atoms with Crippen LogP contribution in [-0.4, -0.2) is 68.8 Å². The lowest BCUT2D eigenvalue weighted by atomic mass is 9.93. The van der Waals surface area contributed by atoms with E-state index in [4.69, 9.17) is 39.5 Å². The first-order valence-corrected chi connectivity index (χ1v) is 16.1. The van der Waals surface area contributed by atoms with E-state index in [0.717, 1.165) is 0 Å². The van der Waals surface area contributed by atoms with E-state index in [1.807, 2.05) is 33.9 Å². The van der Waals surface area contributed by atoms with E-state index in [2.05, 4.69) is 0 Å². The predicted molar refractivity (Wildman–Crippen MR) is 119 cm³/mol. The van der Waals surface area contributed by atoms with Crippen LogP contribution >= 0.6 is 6.49 Å². The molecule has 0 aliphatic carbocycles. The van der Waals surface area contributed by atoms with Gasteiger partial charge in [-0.1, -0.05) is 20.8 Å². The van der Waals surface area contributed by atoms with Gasteiger partial charge in [-0.05, 0) is 57.6 Å². The van der Waals surface area contributed by atoms with Crippen molar-refractivity contribution in [3.8, 4) is 0 Å². The summed E-state index contributed by atoms with van der Waals surface area (Å²) in [6, 6.07) is 0. The number of rotatable bonds is 9. The first-order chi connectivity index (χ1) is 13.9. The second-order valence-electron chi connectivity index (χ2n) is 9.82. The molecule has 0 radical (unpaired) electrons. The van der Waals surface area contributed by atoms with Crippen molar-refractivity contribution in [2.24, 2.45) is 0 Å². The van der Waals surface area contributed by atoms with Crippen molar-refractivity contribution in [3.63, 3.8) is 0 Å². The molecule has 0 saturated carbocycles. The van der Waals surface area contributed by atoms with Crippen LogP contribution in [0.4, 0.5) is 8.78 Å². The highest BCUT2D eigenvalue weighted by molar-refractivity contribution is 8.10. The molecule has 2 fully saturated rings. The number of hydrogen-bond acceptors (Lipinski definition) is 8. The second-order valence-corrected chi connectivity index (χ2v) is 18.1. The summed E-state index contributed by atoms with van der Waals surface area (Å²) in [5.41, 5.74) is -6.86. The summed E-state index contributed by atoms with van der Waals surface area (Å²) in [7, 11) is -2.33. The highest BCUT2D eigenvalue weighted by Gasteiger charge is 2.78. The molecule has 0 amide bonds. The summed E-state index contributed by atoms with van der Waals surface area (Å²) in [5, 5.41) is 11.5. The van der Waals surface area contributed by atoms with E-state index < -0.39 is 50.4 Å².